The summed E-state index contributed by atoms with van der Waals surface area (Å²) < 4.78 is 6.92. The molecule has 0 saturated carbocycles. The molecule has 0 unspecified atom stereocenters. The highest BCUT2D eigenvalue weighted by atomic mass is 16.3. The van der Waals surface area contributed by atoms with Crippen LogP contribution in [-0.2, 0) is 7.05 Å². The normalized spacial score (nSPS) is 10.6. The van der Waals surface area contributed by atoms with Gasteiger partial charge in [-0.3, -0.25) is 9.48 Å². The van der Waals surface area contributed by atoms with Gasteiger partial charge in [0.25, 0.3) is 5.91 Å². The van der Waals surface area contributed by atoms with Crippen LogP contribution in [0.2, 0.25) is 0 Å². The minimum Gasteiger partial charge on any atom is -0.463 e. The number of pyridine rings is 1. The summed E-state index contributed by atoms with van der Waals surface area (Å²) in [6.07, 6.45) is 3.36. The molecule has 0 atom stereocenters. The van der Waals surface area contributed by atoms with Crippen LogP contribution in [0, 0.1) is 6.92 Å². The van der Waals surface area contributed by atoms with Gasteiger partial charge in [0.05, 0.1) is 17.5 Å². The molecule has 0 bridgehead atoms. The molecule has 6 nitrogen and oxygen atoms in total. The Labute approximate surface area is 121 Å². The van der Waals surface area contributed by atoms with Gasteiger partial charge in [0.1, 0.15) is 5.69 Å². The number of carbonyl (C=O) groups is 1. The highest BCUT2D eigenvalue weighted by Gasteiger charge is 2.13. The van der Waals surface area contributed by atoms with Crippen LogP contribution in [0.5, 0.6) is 0 Å². The average Bonchev–Trinajstić information content (AvgIpc) is 3.10. The van der Waals surface area contributed by atoms with Crippen molar-refractivity contribution < 1.29 is 9.21 Å². The maximum Gasteiger partial charge on any atom is 0.258 e. The first-order valence-corrected chi connectivity index (χ1v) is 6.46. The van der Waals surface area contributed by atoms with Crippen LogP contribution >= 0.6 is 0 Å². The van der Waals surface area contributed by atoms with Gasteiger partial charge in [0, 0.05) is 19.3 Å². The second kappa shape index (κ2) is 5.24. The Morgan fingerprint density at radius 1 is 1.29 bits per heavy atom. The summed E-state index contributed by atoms with van der Waals surface area (Å²) in [4.78, 5) is 16.6. The van der Waals surface area contributed by atoms with Crippen LogP contribution in [0.15, 0.2) is 47.2 Å². The lowest BCUT2D eigenvalue weighted by molar-refractivity contribution is 0.102. The van der Waals surface area contributed by atoms with Gasteiger partial charge >= 0.3 is 0 Å². The molecule has 1 N–H and O–H groups in total. The van der Waals surface area contributed by atoms with Crippen molar-refractivity contribution in [1.82, 2.24) is 14.8 Å². The molecule has 0 spiro atoms. The van der Waals surface area contributed by atoms with Crippen molar-refractivity contribution in [3.05, 3.63) is 54.0 Å². The van der Waals surface area contributed by atoms with Crippen molar-refractivity contribution in [3.63, 3.8) is 0 Å². The van der Waals surface area contributed by atoms with Gasteiger partial charge in [-0.1, -0.05) is 0 Å². The predicted molar refractivity (Wildman–Crippen MR) is 77.8 cm³/mol. The van der Waals surface area contributed by atoms with Crippen molar-refractivity contribution in [1.29, 1.82) is 0 Å². The van der Waals surface area contributed by atoms with Crippen LogP contribution < -0.4 is 5.32 Å². The molecule has 0 aliphatic heterocycles. The summed E-state index contributed by atoms with van der Waals surface area (Å²) in [6, 6.07) is 8.86. The number of amides is 1. The monoisotopic (exact) mass is 282 g/mol. The maximum atomic E-state index is 12.2. The van der Waals surface area contributed by atoms with Crippen molar-refractivity contribution in [2.45, 2.75) is 6.92 Å². The number of furan rings is 1. The number of hydrogen-bond acceptors (Lipinski definition) is 4. The second-order valence-electron chi connectivity index (χ2n) is 4.64. The number of rotatable bonds is 3. The number of nitrogens with one attached hydrogen (secondary N) is 1. The van der Waals surface area contributed by atoms with E-state index in [2.05, 4.69) is 15.4 Å². The maximum absolute atomic E-state index is 12.2. The summed E-state index contributed by atoms with van der Waals surface area (Å²) in [7, 11) is 1.79. The minimum atomic E-state index is -0.232. The molecule has 1 amide bonds. The molecular weight excluding hydrogens is 268 g/mol. The zero-order valence-corrected chi connectivity index (χ0v) is 11.7. The quantitative estimate of drug-likeness (QED) is 0.801. The van der Waals surface area contributed by atoms with Gasteiger partial charge in [-0.2, -0.15) is 5.10 Å². The van der Waals surface area contributed by atoms with Gasteiger partial charge < -0.3 is 9.73 Å². The Morgan fingerprint density at radius 2 is 2.14 bits per heavy atom. The molecule has 6 heteroatoms. The van der Waals surface area contributed by atoms with Crippen LogP contribution in [0.1, 0.15) is 16.1 Å². The average molecular weight is 282 g/mol. The summed E-state index contributed by atoms with van der Waals surface area (Å²) in [5.74, 6) is 0.955. The number of aryl methyl sites for hydroxylation is 2. The highest BCUT2D eigenvalue weighted by molar-refractivity contribution is 6.04. The Kier molecular flexibility index (Phi) is 3.27. The topological polar surface area (TPSA) is 73.0 Å². The molecule has 21 heavy (non-hydrogen) atoms. The summed E-state index contributed by atoms with van der Waals surface area (Å²) >= 11 is 0. The molecule has 0 radical (unpaired) electrons. The Balaban J connectivity index is 1.84. The first-order chi connectivity index (χ1) is 10.1. The zero-order chi connectivity index (χ0) is 14.8. The predicted octanol–water partition coefficient (Wildman–Crippen LogP) is 2.64. The van der Waals surface area contributed by atoms with E-state index in [4.69, 9.17) is 4.42 Å². The molecule has 3 rings (SSSR count). The second-order valence-corrected chi connectivity index (χ2v) is 4.64. The smallest absolute Gasteiger partial charge is 0.258 e. The SMILES string of the molecule is Cc1nc(-c2ccco2)ccc1C(=O)Nc1ccn(C)n1. The summed E-state index contributed by atoms with van der Waals surface area (Å²) in [5, 5.41) is 6.85. The van der Waals surface area contributed by atoms with Gasteiger partial charge in [0.15, 0.2) is 11.6 Å². The third kappa shape index (κ3) is 2.69. The first-order valence-electron chi connectivity index (χ1n) is 6.46. The van der Waals surface area contributed by atoms with E-state index in [1.54, 1.807) is 55.4 Å². The van der Waals surface area contributed by atoms with E-state index < -0.39 is 0 Å². The van der Waals surface area contributed by atoms with Crippen LogP contribution in [0.4, 0.5) is 5.82 Å². The van der Waals surface area contributed by atoms with Crippen molar-refractivity contribution in [3.8, 4) is 11.5 Å². The molecular formula is C15H14N4O2. The van der Waals surface area contributed by atoms with Crippen LogP contribution in [-0.4, -0.2) is 20.7 Å². The van der Waals surface area contributed by atoms with E-state index in [9.17, 15) is 4.79 Å². The lowest BCUT2D eigenvalue weighted by Gasteiger charge is -2.06. The van der Waals surface area contributed by atoms with E-state index in [0.717, 1.165) is 0 Å². The van der Waals surface area contributed by atoms with E-state index in [1.165, 1.54) is 0 Å². The summed E-state index contributed by atoms with van der Waals surface area (Å²) in [6.45, 7) is 1.79. The molecule has 3 heterocycles. The van der Waals surface area contributed by atoms with Gasteiger partial charge in [0.2, 0.25) is 0 Å². The van der Waals surface area contributed by atoms with Gasteiger partial charge in [-0.25, -0.2) is 4.98 Å². The number of carbonyl (C=O) groups excluding carboxylic acids is 1. The van der Waals surface area contributed by atoms with Gasteiger partial charge in [-0.05, 0) is 31.2 Å². The molecule has 0 aromatic carbocycles. The third-order valence-corrected chi connectivity index (χ3v) is 3.06. The van der Waals surface area contributed by atoms with Crippen molar-refractivity contribution in [2.24, 2.45) is 7.05 Å². The molecule has 0 fully saturated rings. The fourth-order valence-electron chi connectivity index (χ4n) is 2.03. The number of anilines is 1. The first kappa shape index (κ1) is 13.1. The molecule has 0 aliphatic rings. The molecule has 3 aromatic heterocycles. The zero-order valence-electron chi connectivity index (χ0n) is 11.7. The largest absolute Gasteiger partial charge is 0.463 e. The number of nitrogens with zero attached hydrogens (tertiary/aromatic N) is 3. The third-order valence-electron chi connectivity index (χ3n) is 3.06. The molecule has 3 aromatic rings. The van der Waals surface area contributed by atoms with Crippen molar-refractivity contribution in [2.75, 3.05) is 5.32 Å². The number of hydrogen-bond donors (Lipinski definition) is 1. The van der Waals surface area contributed by atoms with Crippen LogP contribution in [0.3, 0.4) is 0 Å². The minimum absolute atomic E-state index is 0.232. The fourth-order valence-corrected chi connectivity index (χ4v) is 2.03. The standard InChI is InChI=1S/C15H14N4O2/c1-10-11(15(20)17-14-7-8-19(2)18-14)5-6-12(16-10)13-4-3-9-21-13/h3-9H,1-2H3,(H,17,18,20). The molecule has 106 valence electrons. The van der Waals surface area contributed by atoms with E-state index in [0.29, 0.717) is 28.5 Å². The summed E-state index contributed by atoms with van der Waals surface area (Å²) in [5.41, 5.74) is 1.85. The van der Waals surface area contributed by atoms with E-state index >= 15 is 0 Å². The molecule has 0 aliphatic carbocycles. The molecule has 0 saturated heterocycles. The van der Waals surface area contributed by atoms with E-state index in [1.807, 2.05) is 6.07 Å². The Bertz CT molecular complexity index is 775. The van der Waals surface area contributed by atoms with Crippen LogP contribution in [0.25, 0.3) is 11.5 Å². The number of aromatic nitrogens is 3. The fraction of sp³-hybridized carbons (Fsp3) is 0.133. The Hall–Kier alpha value is -2.89. The van der Waals surface area contributed by atoms with Crippen molar-refractivity contribution >= 4 is 11.7 Å². The lowest BCUT2D eigenvalue weighted by Crippen LogP contribution is -2.14. The lowest BCUT2D eigenvalue weighted by atomic mass is 10.1. The van der Waals surface area contributed by atoms with E-state index in [-0.39, 0.29) is 5.91 Å². The van der Waals surface area contributed by atoms with Gasteiger partial charge in [-0.15, -0.1) is 0 Å². The highest BCUT2D eigenvalue weighted by Crippen LogP contribution is 2.19. The Morgan fingerprint density at radius 3 is 2.76 bits per heavy atom.